The second kappa shape index (κ2) is 5.51. The highest BCUT2D eigenvalue weighted by Gasteiger charge is 2.14. The molecule has 8 heteroatoms. The first-order chi connectivity index (χ1) is 9.76. The molecule has 20 heavy (non-hydrogen) atoms. The average molecular weight is 292 g/mol. The van der Waals surface area contributed by atoms with Crippen LogP contribution in [0.2, 0.25) is 0 Å². The summed E-state index contributed by atoms with van der Waals surface area (Å²) in [6.45, 7) is 3.20. The van der Waals surface area contributed by atoms with E-state index in [0.717, 1.165) is 11.3 Å². The van der Waals surface area contributed by atoms with E-state index < -0.39 is 6.09 Å². The Balaban J connectivity index is 1.85. The number of rotatable bonds is 3. The number of nitrogens with zero attached hydrogens (tertiary/aromatic N) is 3. The molecule has 0 bridgehead atoms. The zero-order valence-electron chi connectivity index (χ0n) is 10.8. The zero-order chi connectivity index (χ0) is 13.9. The van der Waals surface area contributed by atoms with Crippen molar-refractivity contribution in [3.63, 3.8) is 0 Å². The zero-order valence-corrected chi connectivity index (χ0v) is 11.6. The molecule has 104 valence electrons. The molecule has 0 radical (unpaired) electrons. The van der Waals surface area contributed by atoms with Gasteiger partial charge in [-0.1, -0.05) is 17.4 Å². The first-order valence-electron chi connectivity index (χ1n) is 6.11. The quantitative estimate of drug-likeness (QED) is 0.932. The highest BCUT2D eigenvalue weighted by molar-refractivity contribution is 7.21. The Kier molecular flexibility index (Phi) is 3.57. The lowest BCUT2D eigenvalue weighted by molar-refractivity contribution is 0.168. The van der Waals surface area contributed by atoms with Crippen molar-refractivity contribution in [2.24, 2.45) is 0 Å². The molecule has 2 aromatic rings. The molecule has 0 fully saturated rings. The molecule has 7 nitrogen and oxygen atoms in total. The molecule has 1 aliphatic heterocycles. The van der Waals surface area contributed by atoms with Crippen LogP contribution in [-0.4, -0.2) is 40.9 Å². The van der Waals surface area contributed by atoms with Crippen LogP contribution in [0.4, 0.5) is 9.93 Å². The first kappa shape index (κ1) is 12.9. The van der Waals surface area contributed by atoms with Crippen LogP contribution in [0.15, 0.2) is 12.3 Å². The molecule has 1 amide bonds. The number of nitrogens with one attached hydrogen (secondary N) is 1. The first-order valence-corrected chi connectivity index (χ1v) is 6.92. The minimum absolute atomic E-state index is 0.311. The van der Waals surface area contributed by atoms with Gasteiger partial charge in [-0.05, 0) is 6.92 Å². The molecule has 1 N–H and O–H groups in total. The van der Waals surface area contributed by atoms with Crippen LogP contribution in [0.5, 0.6) is 0 Å². The van der Waals surface area contributed by atoms with Gasteiger partial charge in [0.05, 0.1) is 31.7 Å². The van der Waals surface area contributed by atoms with Gasteiger partial charge in [0.15, 0.2) is 15.6 Å². The Hall–Kier alpha value is -2.06. The molecule has 0 saturated heterocycles. The van der Waals surface area contributed by atoms with Gasteiger partial charge < -0.3 is 9.47 Å². The molecule has 0 aliphatic carbocycles. The molecule has 0 atom stereocenters. The number of carbonyl (C=O) groups is 1. The Morgan fingerprint density at radius 3 is 3.20 bits per heavy atom. The average Bonchev–Trinajstić information content (AvgIpc) is 3.06. The van der Waals surface area contributed by atoms with Crippen LogP contribution in [0.25, 0.3) is 16.1 Å². The van der Waals surface area contributed by atoms with E-state index in [-0.39, 0.29) is 0 Å². The lowest BCUT2D eigenvalue weighted by atomic mass is 10.2. The normalized spacial score (nSPS) is 14.3. The Morgan fingerprint density at radius 1 is 1.55 bits per heavy atom. The van der Waals surface area contributed by atoms with Gasteiger partial charge in [-0.25, -0.2) is 14.8 Å². The number of ether oxygens (including phenoxy) is 2. The molecule has 3 heterocycles. The molecule has 2 aromatic heterocycles. The van der Waals surface area contributed by atoms with Gasteiger partial charge in [0.2, 0.25) is 0 Å². The van der Waals surface area contributed by atoms with E-state index in [2.05, 4.69) is 20.3 Å². The van der Waals surface area contributed by atoms with Crippen molar-refractivity contribution in [2.45, 2.75) is 6.92 Å². The molecule has 0 saturated carbocycles. The molecular weight excluding hydrogens is 280 g/mol. The van der Waals surface area contributed by atoms with E-state index >= 15 is 0 Å². The highest BCUT2D eigenvalue weighted by Crippen LogP contribution is 2.25. The summed E-state index contributed by atoms with van der Waals surface area (Å²) in [4.78, 5) is 24.9. The van der Waals surface area contributed by atoms with Gasteiger partial charge in [-0.2, -0.15) is 4.98 Å². The maximum atomic E-state index is 11.3. The summed E-state index contributed by atoms with van der Waals surface area (Å²) in [6.07, 6.45) is 3.12. The summed E-state index contributed by atoms with van der Waals surface area (Å²) in [7, 11) is 0. The smallest absolute Gasteiger partial charge is 0.413 e. The van der Waals surface area contributed by atoms with Gasteiger partial charge in [-0.3, -0.25) is 5.32 Å². The van der Waals surface area contributed by atoms with Crippen LogP contribution in [-0.2, 0) is 9.47 Å². The third-order valence-corrected chi connectivity index (χ3v) is 3.50. The summed E-state index contributed by atoms with van der Waals surface area (Å²) < 4.78 is 10.1. The molecular formula is C12H12N4O3S. The van der Waals surface area contributed by atoms with Crippen LogP contribution in [0.1, 0.15) is 12.6 Å². The fourth-order valence-corrected chi connectivity index (χ4v) is 2.53. The lowest BCUT2D eigenvalue weighted by Gasteiger charge is -1.99. The van der Waals surface area contributed by atoms with Crippen LogP contribution in [0.3, 0.4) is 0 Å². The summed E-state index contributed by atoms with van der Waals surface area (Å²) in [5.41, 5.74) is 2.30. The van der Waals surface area contributed by atoms with E-state index in [1.165, 1.54) is 11.3 Å². The number of anilines is 1. The topological polar surface area (TPSA) is 86.2 Å². The number of amides is 1. The Bertz CT molecular complexity index is 682. The van der Waals surface area contributed by atoms with E-state index in [0.29, 0.717) is 35.4 Å². The van der Waals surface area contributed by atoms with Crippen LogP contribution >= 0.6 is 11.3 Å². The fourth-order valence-electron chi connectivity index (χ4n) is 1.75. The van der Waals surface area contributed by atoms with Crippen molar-refractivity contribution in [2.75, 3.05) is 25.1 Å². The Labute approximate surface area is 118 Å². The number of fused-ring (bicyclic) bond motifs is 1. The predicted molar refractivity (Wildman–Crippen MR) is 74.7 cm³/mol. The number of hydrogen-bond acceptors (Lipinski definition) is 7. The van der Waals surface area contributed by atoms with Gasteiger partial charge >= 0.3 is 6.09 Å². The van der Waals surface area contributed by atoms with Gasteiger partial charge in [0.25, 0.3) is 0 Å². The molecule has 0 unspecified atom stereocenters. The summed E-state index contributed by atoms with van der Waals surface area (Å²) in [5.74, 6) is 0. The van der Waals surface area contributed by atoms with E-state index in [1.54, 1.807) is 13.1 Å². The minimum Gasteiger partial charge on any atom is -0.450 e. The van der Waals surface area contributed by atoms with E-state index in [1.807, 2.05) is 6.08 Å². The van der Waals surface area contributed by atoms with Crippen molar-refractivity contribution < 1.29 is 14.3 Å². The fraction of sp³-hybridized carbons (Fsp3) is 0.333. The number of thiazole rings is 1. The van der Waals surface area contributed by atoms with Gasteiger partial charge in [0.1, 0.15) is 0 Å². The van der Waals surface area contributed by atoms with E-state index in [9.17, 15) is 4.79 Å². The van der Waals surface area contributed by atoms with Crippen molar-refractivity contribution >= 4 is 38.6 Å². The third kappa shape index (κ3) is 2.61. The summed E-state index contributed by atoms with van der Waals surface area (Å²) in [5, 5.41) is 2.97. The molecule has 3 rings (SSSR count). The summed E-state index contributed by atoms with van der Waals surface area (Å²) >= 11 is 1.26. The standard InChI is InChI=1S/C12H12N4O3S/c1-2-19-12(17)16-11-15-9-10(20-11)14-8(5-13-9)7-3-4-18-6-7/h3,5H,2,4,6H2,1H3,(H,13,15,16,17). The minimum atomic E-state index is -0.529. The monoisotopic (exact) mass is 292 g/mol. The Morgan fingerprint density at radius 2 is 2.45 bits per heavy atom. The maximum Gasteiger partial charge on any atom is 0.413 e. The SMILES string of the molecule is CCOC(=O)Nc1nc2ncc(C3=CCOC3)nc2s1. The van der Waals surface area contributed by atoms with Crippen LogP contribution < -0.4 is 5.32 Å². The van der Waals surface area contributed by atoms with Gasteiger partial charge in [0, 0.05) is 5.57 Å². The number of carbonyl (C=O) groups excluding carboxylic acids is 1. The second-order valence-electron chi connectivity index (χ2n) is 3.99. The van der Waals surface area contributed by atoms with Crippen LogP contribution in [0, 0.1) is 0 Å². The maximum absolute atomic E-state index is 11.3. The number of aromatic nitrogens is 3. The summed E-state index contributed by atoms with van der Waals surface area (Å²) in [6, 6.07) is 0. The predicted octanol–water partition coefficient (Wildman–Crippen LogP) is 2.07. The van der Waals surface area contributed by atoms with Crippen molar-refractivity contribution in [3.05, 3.63) is 18.0 Å². The third-order valence-electron chi connectivity index (χ3n) is 2.64. The lowest BCUT2D eigenvalue weighted by Crippen LogP contribution is -2.12. The highest BCUT2D eigenvalue weighted by atomic mass is 32.1. The van der Waals surface area contributed by atoms with Crippen molar-refractivity contribution in [1.82, 2.24) is 15.0 Å². The largest absolute Gasteiger partial charge is 0.450 e. The van der Waals surface area contributed by atoms with Crippen molar-refractivity contribution in [1.29, 1.82) is 0 Å². The molecule has 0 aromatic carbocycles. The second-order valence-corrected chi connectivity index (χ2v) is 4.97. The number of hydrogen-bond donors (Lipinski definition) is 1. The molecule has 0 spiro atoms. The van der Waals surface area contributed by atoms with Gasteiger partial charge in [-0.15, -0.1) is 0 Å². The van der Waals surface area contributed by atoms with E-state index in [4.69, 9.17) is 9.47 Å². The van der Waals surface area contributed by atoms with Crippen molar-refractivity contribution in [3.8, 4) is 0 Å². The molecule has 1 aliphatic rings.